The lowest BCUT2D eigenvalue weighted by atomic mass is 9.96. The van der Waals surface area contributed by atoms with Crippen LogP contribution in [0.1, 0.15) is 18.5 Å². The van der Waals surface area contributed by atoms with Crippen LogP contribution in [0.15, 0.2) is 40.0 Å². The minimum absolute atomic E-state index is 0.156. The van der Waals surface area contributed by atoms with E-state index in [0.717, 1.165) is 10.0 Å². The number of carbonyl (C=O) groups is 2. The molecule has 2 aliphatic heterocycles. The summed E-state index contributed by atoms with van der Waals surface area (Å²) in [7, 11) is 0. The van der Waals surface area contributed by atoms with Crippen LogP contribution in [0.5, 0.6) is 0 Å². The summed E-state index contributed by atoms with van der Waals surface area (Å²) < 4.78 is 0.930. The molecule has 7 heteroatoms. The van der Waals surface area contributed by atoms with Crippen LogP contribution in [-0.2, 0) is 4.79 Å². The molecule has 22 heavy (non-hydrogen) atoms. The largest absolute Gasteiger partial charge is 0.392 e. The van der Waals surface area contributed by atoms with Crippen molar-refractivity contribution in [2.24, 2.45) is 0 Å². The van der Waals surface area contributed by atoms with Gasteiger partial charge in [0.2, 0.25) is 0 Å². The number of halogens is 1. The third-order valence-corrected chi connectivity index (χ3v) is 4.24. The average molecular weight is 366 g/mol. The van der Waals surface area contributed by atoms with Crippen LogP contribution in [0.4, 0.5) is 4.79 Å². The van der Waals surface area contributed by atoms with E-state index in [4.69, 9.17) is 0 Å². The Bertz CT molecular complexity index is 655. The molecule has 0 radical (unpaired) electrons. The number of carbonyl (C=O) groups excluding carboxylic acids is 2. The van der Waals surface area contributed by atoms with Crippen molar-refractivity contribution in [3.63, 3.8) is 0 Å². The Labute approximate surface area is 136 Å². The maximum Gasteiger partial charge on any atom is 0.319 e. The van der Waals surface area contributed by atoms with Crippen molar-refractivity contribution in [1.82, 2.24) is 15.5 Å². The van der Waals surface area contributed by atoms with Crippen LogP contribution < -0.4 is 10.6 Å². The molecule has 2 aliphatic rings. The zero-order valence-electron chi connectivity index (χ0n) is 12.0. The summed E-state index contributed by atoms with van der Waals surface area (Å²) in [6.45, 7) is 2.20. The van der Waals surface area contributed by atoms with Gasteiger partial charge in [0.1, 0.15) is 0 Å². The maximum atomic E-state index is 12.6. The summed E-state index contributed by atoms with van der Waals surface area (Å²) in [5.41, 5.74) is 2.00. The summed E-state index contributed by atoms with van der Waals surface area (Å²) in [4.78, 5) is 26.0. The molecular weight excluding hydrogens is 350 g/mol. The summed E-state index contributed by atoms with van der Waals surface area (Å²) >= 11 is 3.37. The van der Waals surface area contributed by atoms with Gasteiger partial charge in [0.05, 0.1) is 30.0 Å². The quantitative estimate of drug-likeness (QED) is 0.754. The fraction of sp³-hybridized carbons (Fsp3) is 0.333. The van der Waals surface area contributed by atoms with Gasteiger partial charge in [0.25, 0.3) is 5.91 Å². The lowest BCUT2D eigenvalue weighted by Crippen LogP contribution is -2.44. The van der Waals surface area contributed by atoms with Gasteiger partial charge >= 0.3 is 6.03 Å². The van der Waals surface area contributed by atoms with E-state index in [2.05, 4.69) is 26.6 Å². The molecular formula is C15H16BrN3O3. The highest BCUT2D eigenvalue weighted by atomic mass is 79.9. The minimum atomic E-state index is -0.611. The number of aliphatic hydroxyl groups excluding tert-OH is 1. The molecule has 0 spiro atoms. The van der Waals surface area contributed by atoms with E-state index in [1.165, 1.54) is 0 Å². The second-order valence-corrected chi connectivity index (χ2v) is 6.43. The van der Waals surface area contributed by atoms with Crippen molar-refractivity contribution in [3.05, 3.63) is 45.6 Å². The van der Waals surface area contributed by atoms with Gasteiger partial charge in [0, 0.05) is 11.0 Å². The molecule has 2 heterocycles. The standard InChI is InChI=1S/C15H16BrN3O3/c1-8(20)6-19-7-11-12(14(19)21)13(18-15(22)17-11)9-2-4-10(16)5-3-9/h2-5,8,13,20H,6-7H2,1H3,(H2,17,18,22)/t8-,13+/m0/s1. The molecule has 3 rings (SSSR count). The number of aliphatic hydroxyl groups is 1. The van der Waals surface area contributed by atoms with Crippen molar-refractivity contribution < 1.29 is 14.7 Å². The molecule has 0 aromatic heterocycles. The summed E-state index contributed by atoms with van der Waals surface area (Å²) in [6, 6.07) is 6.69. The molecule has 0 saturated heterocycles. The first kappa shape index (κ1) is 15.1. The van der Waals surface area contributed by atoms with Gasteiger partial charge in [-0.2, -0.15) is 0 Å². The van der Waals surface area contributed by atoms with Gasteiger partial charge in [-0.05, 0) is 24.6 Å². The van der Waals surface area contributed by atoms with Crippen LogP contribution in [0, 0.1) is 0 Å². The molecule has 6 nitrogen and oxygen atoms in total. The van der Waals surface area contributed by atoms with Gasteiger partial charge in [0.15, 0.2) is 0 Å². The van der Waals surface area contributed by atoms with Gasteiger partial charge in [-0.3, -0.25) is 4.79 Å². The summed E-state index contributed by atoms with van der Waals surface area (Å²) in [6.07, 6.45) is -0.611. The number of nitrogens with one attached hydrogen (secondary N) is 2. The number of hydrogen-bond acceptors (Lipinski definition) is 3. The minimum Gasteiger partial charge on any atom is -0.392 e. The molecule has 0 saturated carbocycles. The first-order valence-corrected chi connectivity index (χ1v) is 7.78. The highest BCUT2D eigenvalue weighted by molar-refractivity contribution is 9.10. The van der Waals surface area contributed by atoms with E-state index < -0.39 is 12.1 Å². The second-order valence-electron chi connectivity index (χ2n) is 5.51. The molecule has 2 atom stereocenters. The van der Waals surface area contributed by atoms with E-state index in [-0.39, 0.29) is 18.5 Å². The Hall–Kier alpha value is -1.86. The zero-order chi connectivity index (χ0) is 15.9. The Morgan fingerprint density at radius 1 is 1.36 bits per heavy atom. The average Bonchev–Trinajstić information content (AvgIpc) is 2.74. The van der Waals surface area contributed by atoms with E-state index in [9.17, 15) is 14.7 Å². The molecule has 0 aliphatic carbocycles. The maximum absolute atomic E-state index is 12.6. The van der Waals surface area contributed by atoms with Crippen molar-refractivity contribution >= 4 is 27.9 Å². The molecule has 3 amide bonds. The number of benzene rings is 1. The molecule has 0 bridgehead atoms. The molecule has 1 aromatic rings. The molecule has 3 N–H and O–H groups in total. The van der Waals surface area contributed by atoms with Gasteiger partial charge in [-0.15, -0.1) is 0 Å². The first-order valence-electron chi connectivity index (χ1n) is 6.99. The topological polar surface area (TPSA) is 81.7 Å². The lowest BCUT2D eigenvalue weighted by Gasteiger charge is -2.25. The smallest absolute Gasteiger partial charge is 0.319 e. The Morgan fingerprint density at radius 3 is 2.68 bits per heavy atom. The van der Waals surface area contributed by atoms with Crippen molar-refractivity contribution in [3.8, 4) is 0 Å². The Morgan fingerprint density at radius 2 is 2.05 bits per heavy atom. The van der Waals surface area contributed by atoms with Crippen LogP contribution >= 0.6 is 15.9 Å². The number of amides is 3. The predicted molar refractivity (Wildman–Crippen MR) is 83.8 cm³/mol. The molecule has 116 valence electrons. The monoisotopic (exact) mass is 365 g/mol. The van der Waals surface area contributed by atoms with Gasteiger partial charge in [-0.25, -0.2) is 4.79 Å². The third-order valence-electron chi connectivity index (χ3n) is 3.71. The zero-order valence-corrected chi connectivity index (χ0v) is 13.6. The Balaban J connectivity index is 1.94. The van der Waals surface area contributed by atoms with Crippen molar-refractivity contribution in [2.45, 2.75) is 19.1 Å². The molecule has 0 unspecified atom stereocenters. The van der Waals surface area contributed by atoms with E-state index in [1.54, 1.807) is 11.8 Å². The molecule has 1 aromatic carbocycles. The lowest BCUT2D eigenvalue weighted by molar-refractivity contribution is -0.126. The predicted octanol–water partition coefficient (Wildman–Crippen LogP) is 1.28. The third kappa shape index (κ3) is 2.74. The van der Waals surface area contributed by atoms with Crippen molar-refractivity contribution in [1.29, 1.82) is 0 Å². The van der Waals surface area contributed by atoms with E-state index in [1.807, 2.05) is 24.3 Å². The van der Waals surface area contributed by atoms with E-state index in [0.29, 0.717) is 17.8 Å². The summed E-state index contributed by atoms with van der Waals surface area (Å²) in [5, 5.41) is 15.0. The first-order chi connectivity index (χ1) is 10.5. The highest BCUT2D eigenvalue weighted by Gasteiger charge is 2.40. The fourth-order valence-electron chi connectivity index (χ4n) is 2.80. The second kappa shape index (κ2) is 5.73. The van der Waals surface area contributed by atoms with Gasteiger partial charge in [-0.1, -0.05) is 28.1 Å². The number of urea groups is 1. The number of rotatable bonds is 3. The van der Waals surface area contributed by atoms with Crippen LogP contribution in [0.25, 0.3) is 0 Å². The SMILES string of the molecule is C[C@H](O)CN1CC2=C(C1=O)[C@@H](c1ccc(Br)cc1)NC(=O)N2. The summed E-state index contributed by atoms with van der Waals surface area (Å²) in [5.74, 6) is -0.156. The fourth-order valence-corrected chi connectivity index (χ4v) is 3.06. The van der Waals surface area contributed by atoms with Crippen molar-refractivity contribution in [2.75, 3.05) is 13.1 Å². The molecule has 0 fully saturated rings. The van der Waals surface area contributed by atoms with Crippen LogP contribution in [0.3, 0.4) is 0 Å². The normalized spacial score (nSPS) is 22.3. The van der Waals surface area contributed by atoms with Crippen LogP contribution in [-0.4, -0.2) is 41.1 Å². The van der Waals surface area contributed by atoms with Gasteiger partial charge < -0.3 is 20.6 Å². The Kier molecular flexibility index (Phi) is 3.92. The number of hydrogen-bond donors (Lipinski definition) is 3. The number of nitrogens with zero attached hydrogens (tertiary/aromatic N) is 1. The van der Waals surface area contributed by atoms with Crippen LogP contribution in [0.2, 0.25) is 0 Å². The highest BCUT2D eigenvalue weighted by Crippen LogP contribution is 2.32. The number of β-amino-alcohol motifs (C(OH)–C–C–N with tert-alkyl or cyclic N) is 1. The van der Waals surface area contributed by atoms with E-state index >= 15 is 0 Å².